The van der Waals surface area contributed by atoms with Crippen LogP contribution in [0.4, 0.5) is 0 Å². The Kier molecular flexibility index (Phi) is 3.52. The summed E-state index contributed by atoms with van der Waals surface area (Å²) in [4.78, 5) is 3.36. The summed E-state index contributed by atoms with van der Waals surface area (Å²) in [7, 11) is 0. The summed E-state index contributed by atoms with van der Waals surface area (Å²) in [6, 6.07) is 6.06. The van der Waals surface area contributed by atoms with Crippen LogP contribution in [0.5, 0.6) is 0 Å². The summed E-state index contributed by atoms with van der Waals surface area (Å²) in [5.74, 6) is 0. The molecule has 16 heavy (non-hydrogen) atoms. The van der Waals surface area contributed by atoms with Gasteiger partial charge in [-0.1, -0.05) is 30.7 Å². The third-order valence-electron chi connectivity index (χ3n) is 2.91. The first-order valence-electron chi connectivity index (χ1n) is 5.70. The Morgan fingerprint density at radius 2 is 2.19 bits per heavy atom. The second-order valence-corrected chi connectivity index (χ2v) is 4.40. The van der Waals surface area contributed by atoms with E-state index in [0.29, 0.717) is 0 Å². The van der Waals surface area contributed by atoms with Gasteiger partial charge < -0.3 is 10.3 Å². The topological polar surface area (TPSA) is 27.8 Å². The normalized spacial score (nSPS) is 11.2. The Morgan fingerprint density at radius 3 is 2.94 bits per heavy atom. The zero-order valence-electron chi connectivity index (χ0n) is 9.73. The maximum absolute atomic E-state index is 6.16. The second-order valence-electron chi connectivity index (χ2n) is 3.99. The molecule has 0 fully saturated rings. The van der Waals surface area contributed by atoms with E-state index in [-0.39, 0.29) is 0 Å². The van der Waals surface area contributed by atoms with Crippen LogP contribution in [0, 0.1) is 6.92 Å². The lowest BCUT2D eigenvalue weighted by Gasteiger charge is -2.02. The van der Waals surface area contributed by atoms with Gasteiger partial charge in [0.05, 0.1) is 10.5 Å². The van der Waals surface area contributed by atoms with Crippen molar-refractivity contribution in [2.24, 2.45) is 0 Å². The summed E-state index contributed by atoms with van der Waals surface area (Å²) >= 11 is 6.16. The van der Waals surface area contributed by atoms with Crippen LogP contribution >= 0.6 is 11.6 Å². The van der Waals surface area contributed by atoms with Gasteiger partial charge in [-0.25, -0.2) is 0 Å². The minimum Gasteiger partial charge on any atom is -0.357 e. The molecule has 0 bridgehead atoms. The van der Waals surface area contributed by atoms with Gasteiger partial charge >= 0.3 is 0 Å². The van der Waals surface area contributed by atoms with Crippen molar-refractivity contribution in [2.75, 3.05) is 13.1 Å². The maximum atomic E-state index is 6.16. The van der Waals surface area contributed by atoms with Crippen molar-refractivity contribution in [1.29, 1.82) is 0 Å². The Balaban J connectivity index is 2.36. The summed E-state index contributed by atoms with van der Waals surface area (Å²) in [5, 5.41) is 5.40. The van der Waals surface area contributed by atoms with E-state index in [1.54, 1.807) is 0 Å². The van der Waals surface area contributed by atoms with Crippen molar-refractivity contribution >= 4 is 22.5 Å². The smallest absolute Gasteiger partial charge is 0.0648 e. The molecule has 0 amide bonds. The Bertz CT molecular complexity index is 488. The van der Waals surface area contributed by atoms with Gasteiger partial charge in [0, 0.05) is 11.1 Å². The number of fused-ring (bicyclic) bond motifs is 1. The first kappa shape index (κ1) is 11.5. The molecule has 0 aliphatic heterocycles. The third kappa shape index (κ3) is 2.08. The molecular formula is C13H17ClN2. The largest absolute Gasteiger partial charge is 0.357 e. The summed E-state index contributed by atoms with van der Waals surface area (Å²) < 4.78 is 0. The predicted octanol–water partition coefficient (Wildman–Crippen LogP) is 3.28. The van der Waals surface area contributed by atoms with Gasteiger partial charge in [0.1, 0.15) is 0 Å². The fraction of sp³-hybridized carbons (Fsp3) is 0.385. The summed E-state index contributed by atoms with van der Waals surface area (Å²) in [5.41, 5.74) is 3.66. The molecule has 0 aliphatic rings. The van der Waals surface area contributed by atoms with Crippen LogP contribution in [0.15, 0.2) is 18.2 Å². The van der Waals surface area contributed by atoms with Gasteiger partial charge in [-0.2, -0.15) is 0 Å². The van der Waals surface area contributed by atoms with Crippen molar-refractivity contribution in [1.82, 2.24) is 10.3 Å². The zero-order valence-corrected chi connectivity index (χ0v) is 10.5. The predicted molar refractivity (Wildman–Crippen MR) is 70.3 cm³/mol. The quantitative estimate of drug-likeness (QED) is 0.784. The van der Waals surface area contributed by atoms with Gasteiger partial charge in [0.15, 0.2) is 0 Å². The summed E-state index contributed by atoms with van der Waals surface area (Å²) in [6.07, 6.45) is 1.04. The number of para-hydroxylation sites is 1. The van der Waals surface area contributed by atoms with Gasteiger partial charge in [0.2, 0.25) is 0 Å². The average Bonchev–Trinajstić information content (AvgIpc) is 2.58. The number of nitrogens with one attached hydrogen (secondary N) is 2. The highest BCUT2D eigenvalue weighted by atomic mass is 35.5. The minimum absolute atomic E-state index is 0.801. The van der Waals surface area contributed by atoms with Crippen LogP contribution in [-0.2, 0) is 6.42 Å². The van der Waals surface area contributed by atoms with Crippen LogP contribution in [0.3, 0.4) is 0 Å². The Hall–Kier alpha value is -0.990. The maximum Gasteiger partial charge on any atom is 0.0648 e. The molecular weight excluding hydrogens is 220 g/mol. The number of H-pyrrole nitrogens is 1. The van der Waals surface area contributed by atoms with Crippen LogP contribution < -0.4 is 5.32 Å². The fourth-order valence-electron chi connectivity index (χ4n) is 2.08. The van der Waals surface area contributed by atoms with E-state index in [1.165, 1.54) is 16.6 Å². The third-order valence-corrected chi connectivity index (χ3v) is 3.22. The molecule has 0 aliphatic carbocycles. The van der Waals surface area contributed by atoms with Gasteiger partial charge in [-0.05, 0) is 38.1 Å². The molecule has 2 nitrogen and oxygen atoms in total. The molecule has 0 saturated heterocycles. The number of aromatic nitrogens is 1. The van der Waals surface area contributed by atoms with Crippen LogP contribution in [0.25, 0.3) is 10.9 Å². The minimum atomic E-state index is 0.801. The Labute approximate surface area is 101 Å². The van der Waals surface area contributed by atoms with Crippen molar-refractivity contribution in [3.05, 3.63) is 34.5 Å². The molecule has 1 aromatic heterocycles. The number of aryl methyl sites for hydroxylation is 1. The highest BCUT2D eigenvalue weighted by Crippen LogP contribution is 2.27. The van der Waals surface area contributed by atoms with Crippen LogP contribution in [-0.4, -0.2) is 18.1 Å². The van der Waals surface area contributed by atoms with E-state index in [1.807, 2.05) is 12.1 Å². The van der Waals surface area contributed by atoms with Crippen molar-refractivity contribution in [2.45, 2.75) is 20.3 Å². The fourth-order valence-corrected chi connectivity index (χ4v) is 2.30. The SMILES string of the molecule is CCNCCc1c(C)[nH]c2c(Cl)cccc12. The number of aromatic amines is 1. The van der Waals surface area contributed by atoms with Gasteiger partial charge in [0.25, 0.3) is 0 Å². The van der Waals surface area contributed by atoms with Crippen molar-refractivity contribution in [3.63, 3.8) is 0 Å². The molecule has 2 rings (SSSR count). The average molecular weight is 237 g/mol. The molecule has 2 aromatic rings. The lowest BCUT2D eigenvalue weighted by molar-refractivity contribution is 0.716. The zero-order chi connectivity index (χ0) is 11.5. The van der Waals surface area contributed by atoms with E-state index in [0.717, 1.165) is 30.0 Å². The van der Waals surface area contributed by atoms with Crippen LogP contribution in [0.1, 0.15) is 18.2 Å². The highest BCUT2D eigenvalue weighted by molar-refractivity contribution is 6.35. The lowest BCUT2D eigenvalue weighted by Crippen LogP contribution is -2.16. The van der Waals surface area contributed by atoms with Crippen molar-refractivity contribution in [3.8, 4) is 0 Å². The number of halogens is 1. The first-order chi connectivity index (χ1) is 7.74. The standard InChI is InChI=1S/C13H17ClN2/c1-3-15-8-7-10-9(2)16-13-11(10)5-4-6-12(13)14/h4-6,15-16H,3,7-8H2,1-2H3. The number of rotatable bonds is 4. The first-order valence-corrected chi connectivity index (χ1v) is 6.08. The molecule has 2 N–H and O–H groups in total. The number of likely N-dealkylation sites (N-methyl/N-ethyl adjacent to an activating group) is 1. The second kappa shape index (κ2) is 4.89. The molecule has 3 heteroatoms. The number of hydrogen-bond acceptors (Lipinski definition) is 1. The molecule has 1 aromatic carbocycles. The monoisotopic (exact) mass is 236 g/mol. The van der Waals surface area contributed by atoms with E-state index in [4.69, 9.17) is 11.6 Å². The summed E-state index contributed by atoms with van der Waals surface area (Å²) in [6.45, 7) is 6.26. The molecule has 0 atom stereocenters. The molecule has 1 heterocycles. The van der Waals surface area contributed by atoms with E-state index in [2.05, 4.69) is 30.2 Å². The van der Waals surface area contributed by atoms with E-state index >= 15 is 0 Å². The highest BCUT2D eigenvalue weighted by Gasteiger charge is 2.09. The van der Waals surface area contributed by atoms with E-state index < -0.39 is 0 Å². The molecule has 0 radical (unpaired) electrons. The van der Waals surface area contributed by atoms with Crippen LogP contribution in [0.2, 0.25) is 5.02 Å². The molecule has 0 saturated carbocycles. The number of hydrogen-bond donors (Lipinski definition) is 2. The van der Waals surface area contributed by atoms with Gasteiger partial charge in [-0.15, -0.1) is 0 Å². The molecule has 0 spiro atoms. The lowest BCUT2D eigenvalue weighted by atomic mass is 10.1. The van der Waals surface area contributed by atoms with E-state index in [9.17, 15) is 0 Å². The Morgan fingerprint density at radius 1 is 1.38 bits per heavy atom. The van der Waals surface area contributed by atoms with Crippen molar-refractivity contribution < 1.29 is 0 Å². The van der Waals surface area contributed by atoms with Gasteiger partial charge in [-0.3, -0.25) is 0 Å². The molecule has 86 valence electrons. The molecule has 0 unspecified atom stereocenters. The number of benzene rings is 1.